The molecule has 2 aliphatic rings. The number of amides is 3. The van der Waals surface area contributed by atoms with E-state index in [0.717, 1.165) is 10.5 Å². The van der Waals surface area contributed by atoms with Crippen molar-refractivity contribution in [1.29, 1.82) is 0 Å². The van der Waals surface area contributed by atoms with Crippen molar-refractivity contribution in [2.75, 3.05) is 32.9 Å². The van der Waals surface area contributed by atoms with Crippen LogP contribution in [0.2, 0.25) is 0 Å². The molecule has 0 unspecified atom stereocenters. The van der Waals surface area contributed by atoms with Gasteiger partial charge in [-0.1, -0.05) is 18.2 Å². The fraction of sp³-hybridized carbons (Fsp3) is 0.304. The van der Waals surface area contributed by atoms with Gasteiger partial charge in [0.1, 0.15) is 13.2 Å². The Morgan fingerprint density at radius 2 is 1.66 bits per heavy atom. The van der Waals surface area contributed by atoms with Crippen molar-refractivity contribution < 1.29 is 33.4 Å². The minimum absolute atomic E-state index is 0.100. The summed E-state index contributed by atoms with van der Waals surface area (Å²) >= 11 is 0. The number of fused-ring (bicyclic) bond motifs is 2. The highest BCUT2D eigenvalue weighted by Gasteiger charge is 2.35. The van der Waals surface area contributed by atoms with Gasteiger partial charge in [0, 0.05) is 13.1 Å². The molecule has 0 atom stereocenters. The number of esters is 1. The summed E-state index contributed by atoms with van der Waals surface area (Å²) in [5, 5.41) is 2.68. The Morgan fingerprint density at radius 1 is 0.969 bits per heavy atom. The minimum Gasteiger partial charge on any atom is -0.486 e. The SMILES string of the molecule is O=C(COC(=O)CCN1C(=O)c2ccccc2C1=O)NCCc1ccc2c(c1)OCCO2. The zero-order valence-electron chi connectivity index (χ0n) is 17.3. The van der Waals surface area contributed by atoms with Gasteiger partial charge in [-0.15, -0.1) is 0 Å². The lowest BCUT2D eigenvalue weighted by atomic mass is 10.1. The number of hydrogen-bond acceptors (Lipinski definition) is 7. The topological polar surface area (TPSA) is 111 Å². The Hall–Kier alpha value is -3.88. The third-order valence-electron chi connectivity index (χ3n) is 5.12. The third-order valence-corrected chi connectivity index (χ3v) is 5.12. The molecule has 32 heavy (non-hydrogen) atoms. The summed E-state index contributed by atoms with van der Waals surface area (Å²) in [4.78, 5) is 49.4. The number of carbonyl (C=O) groups is 4. The molecule has 0 bridgehead atoms. The summed E-state index contributed by atoms with van der Waals surface area (Å²) in [5.74, 6) is -0.574. The molecule has 0 saturated carbocycles. The van der Waals surface area contributed by atoms with E-state index >= 15 is 0 Å². The van der Waals surface area contributed by atoms with Gasteiger partial charge in [0.2, 0.25) is 0 Å². The van der Waals surface area contributed by atoms with Crippen LogP contribution in [0.4, 0.5) is 0 Å². The van der Waals surface area contributed by atoms with Gasteiger partial charge < -0.3 is 19.5 Å². The molecular formula is C23H22N2O7. The maximum atomic E-state index is 12.3. The molecule has 2 aromatic carbocycles. The largest absolute Gasteiger partial charge is 0.486 e. The van der Waals surface area contributed by atoms with Crippen molar-refractivity contribution in [2.45, 2.75) is 12.8 Å². The lowest BCUT2D eigenvalue weighted by Gasteiger charge is -2.18. The van der Waals surface area contributed by atoms with Crippen LogP contribution in [-0.2, 0) is 20.7 Å². The zero-order valence-corrected chi connectivity index (χ0v) is 17.3. The minimum atomic E-state index is -0.663. The fourth-order valence-corrected chi connectivity index (χ4v) is 3.50. The summed E-state index contributed by atoms with van der Waals surface area (Å²) in [6, 6.07) is 12.1. The first-order valence-corrected chi connectivity index (χ1v) is 10.3. The number of nitrogens with one attached hydrogen (secondary N) is 1. The van der Waals surface area contributed by atoms with Gasteiger partial charge in [0.15, 0.2) is 18.1 Å². The molecule has 9 nitrogen and oxygen atoms in total. The second-order valence-electron chi connectivity index (χ2n) is 7.30. The van der Waals surface area contributed by atoms with Gasteiger partial charge in [0.25, 0.3) is 17.7 Å². The first kappa shape index (κ1) is 21.4. The zero-order chi connectivity index (χ0) is 22.5. The predicted octanol–water partition coefficient (Wildman–Crippen LogP) is 1.35. The molecule has 0 fully saturated rings. The van der Waals surface area contributed by atoms with E-state index in [1.807, 2.05) is 18.2 Å². The van der Waals surface area contributed by atoms with Gasteiger partial charge in [-0.05, 0) is 36.2 Å². The van der Waals surface area contributed by atoms with E-state index in [1.54, 1.807) is 24.3 Å². The van der Waals surface area contributed by atoms with E-state index in [9.17, 15) is 19.2 Å². The molecular weight excluding hydrogens is 416 g/mol. The fourth-order valence-electron chi connectivity index (χ4n) is 3.50. The van der Waals surface area contributed by atoms with Gasteiger partial charge >= 0.3 is 5.97 Å². The average Bonchev–Trinajstić information content (AvgIpc) is 3.06. The number of carbonyl (C=O) groups excluding carboxylic acids is 4. The number of rotatable bonds is 8. The summed E-state index contributed by atoms with van der Waals surface area (Å²) < 4.78 is 16.0. The molecule has 0 aromatic heterocycles. The van der Waals surface area contributed by atoms with Crippen LogP contribution in [0.1, 0.15) is 32.7 Å². The van der Waals surface area contributed by atoms with Crippen LogP contribution in [0.15, 0.2) is 42.5 Å². The highest BCUT2D eigenvalue weighted by molar-refractivity contribution is 6.21. The van der Waals surface area contributed by atoms with Crippen molar-refractivity contribution in [3.63, 3.8) is 0 Å². The molecule has 4 rings (SSSR count). The van der Waals surface area contributed by atoms with Gasteiger partial charge in [-0.3, -0.25) is 24.1 Å². The van der Waals surface area contributed by atoms with Gasteiger partial charge in [-0.25, -0.2) is 0 Å². The number of benzene rings is 2. The van der Waals surface area contributed by atoms with Crippen molar-refractivity contribution in [2.24, 2.45) is 0 Å². The normalized spacial score (nSPS) is 14.2. The molecule has 2 aromatic rings. The van der Waals surface area contributed by atoms with Crippen LogP contribution in [0, 0.1) is 0 Å². The Labute approximate surface area is 184 Å². The maximum Gasteiger partial charge on any atom is 0.308 e. The lowest BCUT2D eigenvalue weighted by Crippen LogP contribution is -2.33. The number of hydrogen-bond donors (Lipinski definition) is 1. The first-order chi connectivity index (χ1) is 15.5. The molecule has 0 spiro atoms. The molecule has 2 heterocycles. The van der Waals surface area contributed by atoms with E-state index in [1.165, 1.54) is 0 Å². The highest BCUT2D eigenvalue weighted by atomic mass is 16.6. The highest BCUT2D eigenvalue weighted by Crippen LogP contribution is 2.30. The molecule has 0 aliphatic carbocycles. The molecule has 3 amide bonds. The first-order valence-electron chi connectivity index (χ1n) is 10.3. The Bertz CT molecular complexity index is 1030. The van der Waals surface area contributed by atoms with Gasteiger partial charge in [-0.2, -0.15) is 0 Å². The molecule has 1 N–H and O–H groups in total. The van der Waals surface area contributed by atoms with E-state index in [4.69, 9.17) is 14.2 Å². The van der Waals surface area contributed by atoms with Crippen LogP contribution in [0.5, 0.6) is 11.5 Å². The standard InChI is InChI=1S/C23H22N2O7/c26-20(24-9-7-15-5-6-18-19(13-15)31-12-11-30-18)14-32-21(27)8-10-25-22(28)16-3-1-2-4-17(16)23(25)29/h1-6,13H,7-12,14H2,(H,24,26). The van der Waals surface area contributed by atoms with Crippen LogP contribution >= 0.6 is 0 Å². The van der Waals surface area contributed by atoms with Crippen LogP contribution < -0.4 is 14.8 Å². The second-order valence-corrected chi connectivity index (χ2v) is 7.30. The Balaban J connectivity index is 1.15. The smallest absolute Gasteiger partial charge is 0.308 e. The third kappa shape index (κ3) is 4.72. The monoisotopic (exact) mass is 438 g/mol. The quantitative estimate of drug-likeness (QED) is 0.489. The van der Waals surface area contributed by atoms with Crippen molar-refractivity contribution in [3.8, 4) is 11.5 Å². The van der Waals surface area contributed by atoms with E-state index in [-0.39, 0.29) is 13.0 Å². The maximum absolute atomic E-state index is 12.3. The Kier molecular flexibility index (Phi) is 6.34. The summed E-state index contributed by atoms with van der Waals surface area (Å²) in [5.41, 5.74) is 1.62. The van der Waals surface area contributed by atoms with Crippen LogP contribution in [0.25, 0.3) is 0 Å². The molecule has 166 valence electrons. The molecule has 0 radical (unpaired) electrons. The molecule has 9 heteroatoms. The van der Waals surface area contributed by atoms with Crippen molar-refractivity contribution in [3.05, 3.63) is 59.2 Å². The van der Waals surface area contributed by atoms with E-state index in [0.29, 0.717) is 48.8 Å². The van der Waals surface area contributed by atoms with E-state index < -0.39 is 30.3 Å². The lowest BCUT2D eigenvalue weighted by molar-refractivity contribution is -0.148. The Morgan fingerprint density at radius 3 is 2.38 bits per heavy atom. The molecule has 2 aliphatic heterocycles. The number of nitrogens with zero attached hydrogens (tertiary/aromatic N) is 1. The summed E-state index contributed by atoms with van der Waals surface area (Å²) in [6.07, 6.45) is 0.395. The molecule has 0 saturated heterocycles. The van der Waals surface area contributed by atoms with E-state index in [2.05, 4.69) is 5.32 Å². The average molecular weight is 438 g/mol. The summed E-state index contributed by atoms with van der Waals surface area (Å²) in [7, 11) is 0. The second kappa shape index (κ2) is 9.51. The number of ether oxygens (including phenoxy) is 3. The summed E-state index contributed by atoms with van der Waals surface area (Å²) in [6.45, 7) is 0.870. The van der Waals surface area contributed by atoms with Crippen molar-refractivity contribution in [1.82, 2.24) is 10.2 Å². The van der Waals surface area contributed by atoms with Crippen LogP contribution in [-0.4, -0.2) is 61.5 Å². The van der Waals surface area contributed by atoms with Crippen molar-refractivity contribution >= 4 is 23.7 Å². The van der Waals surface area contributed by atoms with Gasteiger partial charge in [0.05, 0.1) is 17.5 Å². The van der Waals surface area contributed by atoms with Crippen LogP contribution in [0.3, 0.4) is 0 Å². The predicted molar refractivity (Wildman–Crippen MR) is 112 cm³/mol. The number of imide groups is 1.